The first-order chi connectivity index (χ1) is 11.9. The molecule has 2 saturated heterocycles. The lowest BCUT2D eigenvalue weighted by Crippen LogP contribution is -2.36. The lowest BCUT2D eigenvalue weighted by atomic mass is 10.0. The van der Waals surface area contributed by atoms with Crippen molar-refractivity contribution in [1.82, 2.24) is 9.80 Å². The van der Waals surface area contributed by atoms with E-state index in [1.165, 1.54) is 24.9 Å². The fourth-order valence-electron chi connectivity index (χ4n) is 4.10. The van der Waals surface area contributed by atoms with Gasteiger partial charge in [-0.1, -0.05) is 12.1 Å². The second kappa shape index (κ2) is 7.72. The smallest absolute Gasteiger partial charge is 0.166 e. The van der Waals surface area contributed by atoms with Gasteiger partial charge in [0.05, 0.1) is 6.61 Å². The molecule has 0 bridgehead atoms. The highest BCUT2D eigenvalue weighted by Crippen LogP contribution is 2.42. The highest BCUT2D eigenvalue weighted by atomic mass is 16.6. The van der Waals surface area contributed by atoms with Gasteiger partial charge >= 0.3 is 0 Å². The summed E-state index contributed by atoms with van der Waals surface area (Å²) >= 11 is 0. The van der Waals surface area contributed by atoms with E-state index in [1.54, 1.807) is 0 Å². The number of para-hydroxylation sites is 1. The van der Waals surface area contributed by atoms with Gasteiger partial charge in [-0.3, -0.25) is 9.80 Å². The van der Waals surface area contributed by atoms with Gasteiger partial charge in [0.15, 0.2) is 11.5 Å². The lowest BCUT2D eigenvalue weighted by molar-refractivity contribution is 0.136. The maximum Gasteiger partial charge on any atom is 0.166 e. The predicted octanol–water partition coefficient (Wildman–Crippen LogP) is 2.32. The minimum Gasteiger partial charge on any atom is -0.486 e. The average Bonchev–Trinajstić information content (AvgIpc) is 2.94. The van der Waals surface area contributed by atoms with E-state index in [0.29, 0.717) is 19.3 Å². The third kappa shape index (κ3) is 3.53. The Labute approximate surface area is 144 Å². The molecule has 0 unspecified atom stereocenters. The summed E-state index contributed by atoms with van der Waals surface area (Å²) in [6.45, 7) is 8.76. The van der Waals surface area contributed by atoms with Crippen LogP contribution in [0.25, 0.3) is 0 Å². The van der Waals surface area contributed by atoms with Gasteiger partial charge in [-0.2, -0.15) is 0 Å². The topological polar surface area (TPSA) is 34.2 Å². The third-order valence-electron chi connectivity index (χ3n) is 5.34. The van der Waals surface area contributed by atoms with Crippen LogP contribution in [0, 0.1) is 0 Å². The lowest BCUT2D eigenvalue weighted by Gasteiger charge is -2.30. The van der Waals surface area contributed by atoms with Gasteiger partial charge in [0.1, 0.15) is 13.2 Å². The van der Waals surface area contributed by atoms with Crippen LogP contribution in [-0.4, -0.2) is 69.0 Å². The SMILES string of the molecule is c1cc2c(c([C@H]3CCCN3CCN3CCCOCC3)c1)OCCO2. The molecule has 0 spiro atoms. The van der Waals surface area contributed by atoms with Crippen LogP contribution in [0.5, 0.6) is 11.5 Å². The Morgan fingerprint density at radius 1 is 0.917 bits per heavy atom. The molecule has 0 aromatic heterocycles. The van der Waals surface area contributed by atoms with Crippen molar-refractivity contribution in [1.29, 1.82) is 0 Å². The summed E-state index contributed by atoms with van der Waals surface area (Å²) in [7, 11) is 0. The molecule has 0 saturated carbocycles. The quantitative estimate of drug-likeness (QED) is 0.845. The van der Waals surface area contributed by atoms with Crippen LogP contribution in [0.4, 0.5) is 0 Å². The summed E-state index contributed by atoms with van der Waals surface area (Å²) < 4.78 is 17.3. The molecule has 0 aliphatic carbocycles. The Kier molecular flexibility index (Phi) is 5.21. The van der Waals surface area contributed by atoms with E-state index < -0.39 is 0 Å². The number of benzene rings is 1. The first-order valence-electron chi connectivity index (χ1n) is 9.34. The predicted molar refractivity (Wildman–Crippen MR) is 92.9 cm³/mol. The van der Waals surface area contributed by atoms with E-state index in [4.69, 9.17) is 14.2 Å². The fraction of sp³-hybridized carbons (Fsp3) is 0.684. The molecule has 1 aromatic carbocycles. The Morgan fingerprint density at radius 2 is 1.88 bits per heavy atom. The van der Waals surface area contributed by atoms with Crippen molar-refractivity contribution >= 4 is 0 Å². The minimum atomic E-state index is 0.463. The summed E-state index contributed by atoms with van der Waals surface area (Å²) in [5, 5.41) is 0. The van der Waals surface area contributed by atoms with E-state index in [-0.39, 0.29) is 0 Å². The van der Waals surface area contributed by atoms with Crippen LogP contribution in [0.2, 0.25) is 0 Å². The van der Waals surface area contributed by atoms with Crippen molar-refractivity contribution in [3.05, 3.63) is 23.8 Å². The maximum absolute atomic E-state index is 5.95. The Hall–Kier alpha value is -1.30. The highest BCUT2D eigenvalue weighted by Gasteiger charge is 2.30. The molecule has 0 radical (unpaired) electrons. The Balaban J connectivity index is 1.43. The molecular formula is C19H28N2O3. The number of hydrogen-bond donors (Lipinski definition) is 0. The second-order valence-corrected chi connectivity index (χ2v) is 6.87. The van der Waals surface area contributed by atoms with Crippen LogP contribution in [0.1, 0.15) is 30.9 Å². The highest BCUT2D eigenvalue weighted by molar-refractivity contribution is 5.49. The van der Waals surface area contributed by atoms with E-state index in [2.05, 4.69) is 21.9 Å². The molecule has 5 nitrogen and oxygen atoms in total. The molecule has 0 N–H and O–H groups in total. The average molecular weight is 332 g/mol. The molecular weight excluding hydrogens is 304 g/mol. The third-order valence-corrected chi connectivity index (χ3v) is 5.34. The molecule has 3 aliphatic rings. The Morgan fingerprint density at radius 3 is 2.88 bits per heavy atom. The van der Waals surface area contributed by atoms with Crippen LogP contribution in [0.15, 0.2) is 18.2 Å². The van der Waals surface area contributed by atoms with E-state index >= 15 is 0 Å². The van der Waals surface area contributed by atoms with Gasteiger partial charge < -0.3 is 14.2 Å². The van der Waals surface area contributed by atoms with Gasteiger partial charge in [-0.05, 0) is 31.9 Å². The first kappa shape index (κ1) is 16.2. The standard InChI is InChI=1S/C19H28N2O3/c1-4-16(19-18(6-1)23-14-15-24-19)17-5-2-8-21(17)10-9-20-7-3-12-22-13-11-20/h1,4,6,17H,2-3,5,7-15H2/t17-/m1/s1. The molecule has 4 rings (SSSR count). The van der Waals surface area contributed by atoms with Crippen molar-refractivity contribution in [2.75, 3.05) is 59.2 Å². The van der Waals surface area contributed by atoms with E-state index in [9.17, 15) is 0 Å². The van der Waals surface area contributed by atoms with Crippen LogP contribution < -0.4 is 9.47 Å². The molecule has 5 heteroatoms. The first-order valence-corrected chi connectivity index (χ1v) is 9.34. The summed E-state index contributed by atoms with van der Waals surface area (Å²) in [4.78, 5) is 5.17. The number of nitrogens with zero attached hydrogens (tertiary/aromatic N) is 2. The molecule has 1 atom stereocenters. The van der Waals surface area contributed by atoms with Crippen molar-refractivity contribution in [3.8, 4) is 11.5 Å². The zero-order valence-electron chi connectivity index (χ0n) is 14.4. The molecule has 3 aliphatic heterocycles. The fourth-order valence-corrected chi connectivity index (χ4v) is 4.10. The molecule has 1 aromatic rings. The van der Waals surface area contributed by atoms with Crippen LogP contribution in [-0.2, 0) is 4.74 Å². The molecule has 24 heavy (non-hydrogen) atoms. The van der Waals surface area contributed by atoms with Gasteiger partial charge in [0, 0.05) is 44.4 Å². The van der Waals surface area contributed by atoms with E-state index in [1.807, 2.05) is 6.07 Å². The Bertz CT molecular complexity index is 543. The number of fused-ring (bicyclic) bond motifs is 1. The number of rotatable bonds is 4. The largest absolute Gasteiger partial charge is 0.486 e. The number of ether oxygens (including phenoxy) is 3. The molecule has 3 heterocycles. The number of hydrogen-bond acceptors (Lipinski definition) is 5. The monoisotopic (exact) mass is 332 g/mol. The van der Waals surface area contributed by atoms with E-state index in [0.717, 1.165) is 57.3 Å². The van der Waals surface area contributed by atoms with Gasteiger partial charge in [0.25, 0.3) is 0 Å². The van der Waals surface area contributed by atoms with Crippen molar-refractivity contribution in [2.24, 2.45) is 0 Å². The zero-order valence-corrected chi connectivity index (χ0v) is 14.4. The van der Waals surface area contributed by atoms with Crippen LogP contribution >= 0.6 is 0 Å². The molecule has 2 fully saturated rings. The molecule has 0 amide bonds. The summed E-state index contributed by atoms with van der Waals surface area (Å²) in [6, 6.07) is 6.81. The number of likely N-dealkylation sites (tertiary alicyclic amines) is 1. The van der Waals surface area contributed by atoms with Crippen molar-refractivity contribution in [2.45, 2.75) is 25.3 Å². The maximum atomic E-state index is 5.95. The zero-order chi connectivity index (χ0) is 16.2. The van der Waals surface area contributed by atoms with Crippen molar-refractivity contribution < 1.29 is 14.2 Å². The minimum absolute atomic E-state index is 0.463. The summed E-state index contributed by atoms with van der Waals surface area (Å²) in [5.74, 6) is 1.89. The van der Waals surface area contributed by atoms with Gasteiger partial charge in [-0.25, -0.2) is 0 Å². The normalized spacial score (nSPS) is 25.6. The van der Waals surface area contributed by atoms with Gasteiger partial charge in [0.2, 0.25) is 0 Å². The summed E-state index contributed by atoms with van der Waals surface area (Å²) in [6.07, 6.45) is 3.63. The summed E-state index contributed by atoms with van der Waals surface area (Å²) in [5.41, 5.74) is 1.31. The van der Waals surface area contributed by atoms with Gasteiger partial charge in [-0.15, -0.1) is 0 Å². The molecule has 132 valence electrons. The van der Waals surface area contributed by atoms with Crippen LogP contribution in [0.3, 0.4) is 0 Å². The second-order valence-electron chi connectivity index (χ2n) is 6.87. The van der Waals surface area contributed by atoms with Crippen molar-refractivity contribution in [3.63, 3.8) is 0 Å².